The summed E-state index contributed by atoms with van der Waals surface area (Å²) in [5, 5.41) is 3.53. The molecule has 1 aliphatic rings. The van der Waals surface area contributed by atoms with Crippen LogP contribution >= 0.6 is 0 Å². The van der Waals surface area contributed by atoms with Crippen LogP contribution in [0.15, 0.2) is 0 Å². The summed E-state index contributed by atoms with van der Waals surface area (Å²) in [6, 6.07) is 1.35. The van der Waals surface area contributed by atoms with Gasteiger partial charge in [0.05, 0.1) is 19.3 Å². The lowest BCUT2D eigenvalue weighted by atomic mass is 10.1. The van der Waals surface area contributed by atoms with Crippen molar-refractivity contribution in [3.8, 4) is 0 Å². The minimum Gasteiger partial charge on any atom is -0.378 e. The van der Waals surface area contributed by atoms with Crippen molar-refractivity contribution in [2.75, 3.05) is 13.2 Å². The van der Waals surface area contributed by atoms with E-state index in [0.717, 1.165) is 13.2 Å². The highest BCUT2D eigenvalue weighted by atomic mass is 16.5. The molecule has 0 spiro atoms. The molecule has 1 heterocycles. The smallest absolute Gasteiger partial charge is 0.0643 e. The molecule has 0 aromatic carbocycles. The minimum atomic E-state index is 0.643. The van der Waals surface area contributed by atoms with Crippen molar-refractivity contribution in [1.82, 2.24) is 5.32 Å². The summed E-state index contributed by atoms with van der Waals surface area (Å²) >= 11 is 0. The molecule has 0 amide bonds. The summed E-state index contributed by atoms with van der Waals surface area (Å²) in [5.41, 5.74) is 0. The van der Waals surface area contributed by atoms with E-state index in [2.05, 4.69) is 19.2 Å². The Morgan fingerprint density at radius 1 is 1.40 bits per heavy atom. The zero-order valence-electron chi connectivity index (χ0n) is 6.89. The first-order valence-electron chi connectivity index (χ1n) is 4.20. The lowest BCUT2D eigenvalue weighted by molar-refractivity contribution is -0.0103. The fourth-order valence-electron chi connectivity index (χ4n) is 1.19. The Hall–Kier alpha value is -0.0800. The second-order valence-electron chi connectivity index (χ2n) is 2.91. The van der Waals surface area contributed by atoms with Gasteiger partial charge in [-0.05, 0) is 12.8 Å². The van der Waals surface area contributed by atoms with E-state index in [1.165, 1.54) is 12.8 Å². The summed E-state index contributed by atoms with van der Waals surface area (Å²) in [7, 11) is 0. The second kappa shape index (κ2) is 3.94. The largest absolute Gasteiger partial charge is 0.378 e. The Labute approximate surface area is 63.0 Å². The molecule has 1 N–H and O–H groups in total. The fourth-order valence-corrected chi connectivity index (χ4v) is 1.19. The first-order valence-corrected chi connectivity index (χ1v) is 4.20. The minimum absolute atomic E-state index is 0.643. The Morgan fingerprint density at radius 3 is 2.30 bits per heavy atom. The molecule has 0 aromatic heterocycles. The Morgan fingerprint density at radius 2 is 2.00 bits per heavy atom. The third-order valence-electron chi connectivity index (χ3n) is 2.10. The maximum atomic E-state index is 5.06. The quantitative estimate of drug-likeness (QED) is 0.637. The maximum absolute atomic E-state index is 5.06. The van der Waals surface area contributed by atoms with Crippen LogP contribution in [-0.4, -0.2) is 25.3 Å². The van der Waals surface area contributed by atoms with Crippen LogP contribution in [0, 0.1) is 0 Å². The summed E-state index contributed by atoms with van der Waals surface area (Å²) in [6.07, 6.45) is 2.46. The average Bonchev–Trinajstić information content (AvgIpc) is 1.87. The number of hydrogen-bond donors (Lipinski definition) is 1. The predicted octanol–water partition coefficient (Wildman–Crippen LogP) is 1.16. The average molecular weight is 143 g/mol. The van der Waals surface area contributed by atoms with Crippen molar-refractivity contribution in [3.05, 3.63) is 0 Å². The monoisotopic (exact) mass is 143 g/mol. The van der Waals surface area contributed by atoms with Crippen LogP contribution in [0.5, 0.6) is 0 Å². The van der Waals surface area contributed by atoms with Crippen LogP contribution in [0.3, 0.4) is 0 Å². The van der Waals surface area contributed by atoms with Gasteiger partial charge in [0, 0.05) is 6.04 Å². The number of rotatable bonds is 4. The first kappa shape index (κ1) is 8.02. The molecule has 2 heteroatoms. The zero-order valence-corrected chi connectivity index (χ0v) is 6.89. The van der Waals surface area contributed by atoms with E-state index in [-0.39, 0.29) is 0 Å². The van der Waals surface area contributed by atoms with Crippen molar-refractivity contribution < 1.29 is 4.74 Å². The molecule has 0 aromatic rings. The van der Waals surface area contributed by atoms with Gasteiger partial charge in [-0.1, -0.05) is 13.8 Å². The molecule has 0 saturated carbocycles. The van der Waals surface area contributed by atoms with E-state index in [0.29, 0.717) is 12.1 Å². The van der Waals surface area contributed by atoms with Crippen molar-refractivity contribution in [2.24, 2.45) is 0 Å². The molecule has 0 aliphatic carbocycles. The molecule has 0 unspecified atom stereocenters. The molecule has 1 fully saturated rings. The lowest BCUT2D eigenvalue weighted by Crippen LogP contribution is -2.49. The van der Waals surface area contributed by atoms with E-state index in [9.17, 15) is 0 Å². The van der Waals surface area contributed by atoms with Crippen molar-refractivity contribution in [2.45, 2.75) is 38.8 Å². The van der Waals surface area contributed by atoms with Gasteiger partial charge in [-0.2, -0.15) is 0 Å². The highest BCUT2D eigenvalue weighted by molar-refractivity contribution is 4.77. The highest BCUT2D eigenvalue weighted by Gasteiger charge is 2.19. The number of nitrogens with one attached hydrogen (secondary N) is 1. The van der Waals surface area contributed by atoms with Crippen LogP contribution in [0.1, 0.15) is 26.7 Å². The Bertz CT molecular complexity index is 87.3. The highest BCUT2D eigenvalue weighted by Crippen LogP contribution is 2.04. The molecule has 1 aliphatic heterocycles. The van der Waals surface area contributed by atoms with E-state index < -0.39 is 0 Å². The van der Waals surface area contributed by atoms with Crippen molar-refractivity contribution in [3.63, 3.8) is 0 Å². The van der Waals surface area contributed by atoms with Crippen LogP contribution in [-0.2, 0) is 4.74 Å². The number of ether oxygens (including phenoxy) is 1. The SMILES string of the molecule is CCC(CC)NC1COC1. The topological polar surface area (TPSA) is 21.3 Å². The second-order valence-corrected chi connectivity index (χ2v) is 2.91. The van der Waals surface area contributed by atoms with E-state index in [1.54, 1.807) is 0 Å². The summed E-state index contributed by atoms with van der Waals surface area (Å²) in [5.74, 6) is 0. The van der Waals surface area contributed by atoms with Crippen LogP contribution in [0.4, 0.5) is 0 Å². The van der Waals surface area contributed by atoms with Gasteiger partial charge in [-0.15, -0.1) is 0 Å². The molecule has 10 heavy (non-hydrogen) atoms. The van der Waals surface area contributed by atoms with Crippen LogP contribution in [0.25, 0.3) is 0 Å². The van der Waals surface area contributed by atoms with Gasteiger partial charge in [0.1, 0.15) is 0 Å². The van der Waals surface area contributed by atoms with E-state index in [4.69, 9.17) is 4.74 Å². The first-order chi connectivity index (χ1) is 4.86. The molecule has 0 bridgehead atoms. The summed E-state index contributed by atoms with van der Waals surface area (Å²) in [4.78, 5) is 0. The summed E-state index contributed by atoms with van der Waals surface area (Å²) < 4.78 is 5.06. The molecule has 0 atom stereocenters. The zero-order chi connectivity index (χ0) is 7.40. The van der Waals surface area contributed by atoms with Crippen molar-refractivity contribution >= 4 is 0 Å². The standard InChI is InChI=1S/C8H17NO/c1-3-7(4-2)9-8-5-10-6-8/h7-9H,3-6H2,1-2H3. The van der Waals surface area contributed by atoms with Gasteiger partial charge >= 0.3 is 0 Å². The van der Waals surface area contributed by atoms with Crippen LogP contribution in [0.2, 0.25) is 0 Å². The molecule has 60 valence electrons. The summed E-state index contributed by atoms with van der Waals surface area (Å²) in [6.45, 7) is 6.27. The molecular formula is C8H17NO. The van der Waals surface area contributed by atoms with E-state index >= 15 is 0 Å². The van der Waals surface area contributed by atoms with Gasteiger partial charge in [0.2, 0.25) is 0 Å². The molecule has 2 nitrogen and oxygen atoms in total. The lowest BCUT2D eigenvalue weighted by Gasteiger charge is -2.30. The van der Waals surface area contributed by atoms with Crippen LogP contribution < -0.4 is 5.32 Å². The maximum Gasteiger partial charge on any atom is 0.0643 e. The number of hydrogen-bond acceptors (Lipinski definition) is 2. The van der Waals surface area contributed by atoms with Gasteiger partial charge < -0.3 is 10.1 Å². The Balaban J connectivity index is 2.08. The third-order valence-corrected chi connectivity index (χ3v) is 2.10. The van der Waals surface area contributed by atoms with Gasteiger partial charge in [-0.3, -0.25) is 0 Å². The predicted molar refractivity (Wildman–Crippen MR) is 42.1 cm³/mol. The third kappa shape index (κ3) is 1.96. The normalized spacial score (nSPS) is 19.5. The van der Waals surface area contributed by atoms with Crippen molar-refractivity contribution in [1.29, 1.82) is 0 Å². The molecule has 0 radical (unpaired) electrons. The fraction of sp³-hybridized carbons (Fsp3) is 1.00. The molecule has 1 rings (SSSR count). The van der Waals surface area contributed by atoms with Gasteiger partial charge in [0.25, 0.3) is 0 Å². The van der Waals surface area contributed by atoms with Gasteiger partial charge in [0.15, 0.2) is 0 Å². The van der Waals surface area contributed by atoms with Gasteiger partial charge in [-0.25, -0.2) is 0 Å². The molecular weight excluding hydrogens is 126 g/mol. The molecule has 1 saturated heterocycles. The van der Waals surface area contributed by atoms with E-state index in [1.807, 2.05) is 0 Å². The Kier molecular flexibility index (Phi) is 3.16.